The van der Waals surface area contributed by atoms with Crippen LogP contribution in [-0.2, 0) is 29.5 Å². The largest absolute Gasteiger partial charge is 0.443 e. The van der Waals surface area contributed by atoms with E-state index in [0.717, 1.165) is 17.4 Å². The summed E-state index contributed by atoms with van der Waals surface area (Å²) >= 11 is 0. The number of nitrogens with one attached hydrogen (secondary N) is 1. The molecule has 0 unspecified atom stereocenters. The summed E-state index contributed by atoms with van der Waals surface area (Å²) in [5.74, 6) is -0.565. The first-order valence-corrected chi connectivity index (χ1v) is 15.2. The summed E-state index contributed by atoms with van der Waals surface area (Å²) < 4.78 is 56.7. The quantitative estimate of drug-likeness (QED) is 0.436. The average molecular weight is 553 g/mol. The zero-order valence-corrected chi connectivity index (χ0v) is 24.0. The Labute approximate surface area is 220 Å². The van der Waals surface area contributed by atoms with E-state index >= 15 is 0 Å². The van der Waals surface area contributed by atoms with Crippen molar-refractivity contribution in [3.8, 4) is 11.1 Å². The number of hydrogen-bond donors (Lipinski definition) is 1. The number of carbonyl (C=O) groups is 2. The molecule has 0 bridgehead atoms. The Morgan fingerprint density at radius 2 is 1.35 bits per heavy atom. The molecule has 204 valence electrons. The van der Waals surface area contributed by atoms with Gasteiger partial charge in [0.25, 0.3) is 0 Å². The van der Waals surface area contributed by atoms with Crippen molar-refractivity contribution in [2.24, 2.45) is 0 Å². The Kier molecular flexibility index (Phi) is 9.32. The standard InChI is InChI=1S/C26H36N2O7S2/c1-8-17-27-37(33,34)26(5,6)22-15-13-20(14-16-22)19-9-11-21(12-10-19)23(29)18-28(36(7,31)32)24(30)35-25(2,3)4/h9-16,27H,8,17-18H2,1-7H3. The Hall–Kier alpha value is -2.76. The molecule has 1 N–H and O–H groups in total. The summed E-state index contributed by atoms with van der Waals surface area (Å²) in [4.78, 5) is 25.1. The lowest BCUT2D eigenvalue weighted by Gasteiger charge is -2.26. The highest BCUT2D eigenvalue weighted by molar-refractivity contribution is 7.90. The van der Waals surface area contributed by atoms with Gasteiger partial charge in [0.05, 0.1) is 6.26 Å². The highest BCUT2D eigenvalue weighted by Crippen LogP contribution is 2.31. The summed E-state index contributed by atoms with van der Waals surface area (Å²) in [6, 6.07) is 13.6. The van der Waals surface area contributed by atoms with Crippen LogP contribution < -0.4 is 4.72 Å². The zero-order chi connectivity index (χ0) is 28.2. The number of carbonyl (C=O) groups excluding carboxylic acids is 2. The van der Waals surface area contributed by atoms with Crippen molar-refractivity contribution in [2.45, 2.75) is 58.3 Å². The van der Waals surface area contributed by atoms with Crippen LogP contribution in [0.4, 0.5) is 4.79 Å². The average Bonchev–Trinajstić information content (AvgIpc) is 2.79. The number of rotatable bonds is 10. The third-order valence-corrected chi connectivity index (χ3v) is 8.86. The molecule has 0 radical (unpaired) electrons. The summed E-state index contributed by atoms with van der Waals surface area (Å²) in [7, 11) is -7.60. The molecule has 0 heterocycles. The number of ether oxygens (including phenoxy) is 1. The first kappa shape index (κ1) is 30.5. The normalized spacial score (nSPS) is 12.7. The SMILES string of the molecule is CCCNS(=O)(=O)C(C)(C)c1ccc(-c2ccc(C(=O)CN(C(=O)OC(C)(C)C)S(C)(=O)=O)cc2)cc1. The minimum Gasteiger partial charge on any atom is -0.443 e. The second kappa shape index (κ2) is 11.3. The molecule has 37 heavy (non-hydrogen) atoms. The van der Waals surface area contributed by atoms with Gasteiger partial charge < -0.3 is 4.74 Å². The van der Waals surface area contributed by atoms with Gasteiger partial charge in [-0.3, -0.25) is 4.79 Å². The van der Waals surface area contributed by atoms with Crippen molar-refractivity contribution in [3.63, 3.8) is 0 Å². The predicted octanol–water partition coefficient (Wildman–Crippen LogP) is 4.30. The number of hydrogen-bond acceptors (Lipinski definition) is 7. The van der Waals surface area contributed by atoms with Gasteiger partial charge in [-0.15, -0.1) is 0 Å². The second-order valence-corrected chi connectivity index (χ2v) is 14.5. The first-order valence-electron chi connectivity index (χ1n) is 11.8. The lowest BCUT2D eigenvalue weighted by molar-refractivity contribution is 0.0385. The molecule has 11 heteroatoms. The maximum Gasteiger partial charge on any atom is 0.424 e. The molecule has 0 atom stereocenters. The molecular formula is C26H36N2O7S2. The van der Waals surface area contributed by atoms with E-state index in [2.05, 4.69) is 4.72 Å². The zero-order valence-electron chi connectivity index (χ0n) is 22.4. The fourth-order valence-electron chi connectivity index (χ4n) is 3.34. The van der Waals surface area contributed by atoms with Gasteiger partial charge in [0.15, 0.2) is 5.78 Å². The van der Waals surface area contributed by atoms with Crippen molar-refractivity contribution in [3.05, 3.63) is 59.7 Å². The summed E-state index contributed by atoms with van der Waals surface area (Å²) in [6.45, 7) is 9.68. The first-order chi connectivity index (χ1) is 16.9. The highest BCUT2D eigenvalue weighted by atomic mass is 32.2. The summed E-state index contributed by atoms with van der Waals surface area (Å²) in [5.41, 5.74) is 1.52. The van der Waals surface area contributed by atoms with E-state index in [4.69, 9.17) is 4.74 Å². The van der Waals surface area contributed by atoms with E-state index in [-0.39, 0.29) is 5.56 Å². The maximum absolute atomic E-state index is 12.8. The van der Waals surface area contributed by atoms with Gasteiger partial charge >= 0.3 is 6.09 Å². The fourth-order valence-corrected chi connectivity index (χ4v) is 5.28. The van der Waals surface area contributed by atoms with E-state index in [1.807, 2.05) is 6.92 Å². The highest BCUT2D eigenvalue weighted by Gasteiger charge is 2.35. The minimum atomic E-state index is -4.03. The molecule has 2 aromatic rings. The lowest BCUT2D eigenvalue weighted by Crippen LogP contribution is -2.43. The molecule has 1 amide bonds. The van der Waals surface area contributed by atoms with Crippen molar-refractivity contribution in [2.75, 3.05) is 19.3 Å². The summed E-state index contributed by atoms with van der Waals surface area (Å²) in [5, 5.41) is 0. The van der Waals surface area contributed by atoms with Crippen LogP contribution in [0.1, 0.15) is 63.9 Å². The van der Waals surface area contributed by atoms with Gasteiger partial charge in [-0.05, 0) is 57.7 Å². The van der Waals surface area contributed by atoms with Crippen LogP contribution in [-0.4, -0.2) is 58.0 Å². The van der Waals surface area contributed by atoms with Crippen molar-refractivity contribution in [1.82, 2.24) is 9.03 Å². The molecule has 0 spiro atoms. The van der Waals surface area contributed by atoms with Gasteiger partial charge in [-0.1, -0.05) is 55.5 Å². The van der Waals surface area contributed by atoms with Gasteiger partial charge in [-0.2, -0.15) is 4.31 Å². The Morgan fingerprint density at radius 3 is 1.78 bits per heavy atom. The molecule has 0 aliphatic carbocycles. The molecule has 0 aromatic heterocycles. The second-order valence-electron chi connectivity index (χ2n) is 10.2. The molecular weight excluding hydrogens is 516 g/mol. The molecule has 0 saturated heterocycles. The molecule has 9 nitrogen and oxygen atoms in total. The molecule has 2 rings (SSSR count). The number of benzene rings is 2. The van der Waals surface area contributed by atoms with Crippen molar-refractivity contribution >= 4 is 31.9 Å². The molecule has 0 saturated carbocycles. The van der Waals surface area contributed by atoms with Crippen LogP contribution in [0.3, 0.4) is 0 Å². The van der Waals surface area contributed by atoms with Crippen LogP contribution in [0, 0.1) is 0 Å². The van der Waals surface area contributed by atoms with Crippen LogP contribution in [0.25, 0.3) is 11.1 Å². The Morgan fingerprint density at radius 1 is 0.865 bits per heavy atom. The van der Waals surface area contributed by atoms with E-state index < -0.39 is 48.8 Å². The molecule has 0 fully saturated rings. The number of sulfonamides is 2. The van der Waals surface area contributed by atoms with Crippen molar-refractivity contribution in [1.29, 1.82) is 0 Å². The van der Waals surface area contributed by atoms with Gasteiger partial charge in [0.1, 0.15) is 16.9 Å². The van der Waals surface area contributed by atoms with E-state index in [0.29, 0.717) is 22.8 Å². The van der Waals surface area contributed by atoms with Gasteiger partial charge in [0, 0.05) is 12.1 Å². The van der Waals surface area contributed by atoms with Crippen LogP contribution in [0.2, 0.25) is 0 Å². The van der Waals surface area contributed by atoms with Gasteiger partial charge in [-0.25, -0.2) is 26.4 Å². The Bertz CT molecular complexity index is 1320. The lowest BCUT2D eigenvalue weighted by atomic mass is 9.97. The number of nitrogens with zero attached hydrogens (tertiary/aromatic N) is 1. The third-order valence-electron chi connectivity index (χ3n) is 5.62. The monoisotopic (exact) mass is 552 g/mol. The minimum absolute atomic E-state index is 0.229. The van der Waals surface area contributed by atoms with E-state index in [1.165, 1.54) is 0 Å². The third kappa shape index (κ3) is 7.86. The maximum atomic E-state index is 12.8. The van der Waals surface area contributed by atoms with Crippen LogP contribution in [0.15, 0.2) is 48.5 Å². The topological polar surface area (TPSA) is 127 Å². The fraction of sp³-hybridized carbons (Fsp3) is 0.462. The molecule has 0 aliphatic rings. The predicted molar refractivity (Wildman–Crippen MR) is 144 cm³/mol. The molecule has 0 aliphatic heterocycles. The van der Waals surface area contributed by atoms with Gasteiger partial charge in [0.2, 0.25) is 20.0 Å². The van der Waals surface area contributed by atoms with Crippen LogP contribution >= 0.6 is 0 Å². The Balaban J connectivity index is 2.22. The summed E-state index contributed by atoms with van der Waals surface area (Å²) in [6.07, 6.45) is 0.415. The van der Waals surface area contributed by atoms with E-state index in [1.54, 1.807) is 83.1 Å². The smallest absolute Gasteiger partial charge is 0.424 e. The van der Waals surface area contributed by atoms with Crippen LogP contribution in [0.5, 0.6) is 0 Å². The van der Waals surface area contributed by atoms with Crippen molar-refractivity contribution < 1.29 is 31.2 Å². The number of Topliss-reactive ketones (excluding diaryl/α,β-unsaturated/α-hetero) is 1. The number of amides is 1. The molecule has 2 aromatic carbocycles. The van der Waals surface area contributed by atoms with E-state index in [9.17, 15) is 26.4 Å². The number of ketones is 1.